The number of halogens is 1. The minimum Gasteiger partial charge on any atom is -0.497 e. The highest BCUT2D eigenvalue weighted by Crippen LogP contribution is 2.10. The quantitative estimate of drug-likeness (QED) is 0.652. The molecule has 1 nitrogen and oxygen atoms in total. The molecule has 0 N–H and O–H groups in total. The van der Waals surface area contributed by atoms with E-state index in [1.54, 1.807) is 6.26 Å². The zero-order valence-electron chi connectivity index (χ0n) is 6.96. The lowest BCUT2D eigenvalue weighted by atomic mass is 10.2. The lowest BCUT2D eigenvalue weighted by molar-refractivity contribution is 0.236. The first kappa shape index (κ1) is 9.14. The highest BCUT2D eigenvalue weighted by molar-refractivity contribution is 6.30. The molecule has 0 aliphatic carbocycles. The fourth-order valence-corrected chi connectivity index (χ4v) is 0.947. The molecule has 12 heavy (non-hydrogen) atoms. The maximum absolute atomic E-state index is 5.72. The van der Waals surface area contributed by atoms with Crippen molar-refractivity contribution in [3.05, 3.63) is 47.2 Å². The Hall–Kier alpha value is -0.950. The molecule has 0 aliphatic rings. The van der Waals surface area contributed by atoms with Gasteiger partial charge in [-0.15, -0.1) is 0 Å². The van der Waals surface area contributed by atoms with Crippen LogP contribution in [-0.4, -0.2) is 0 Å². The first-order valence-corrected chi connectivity index (χ1v) is 4.18. The summed E-state index contributed by atoms with van der Waals surface area (Å²) in [4.78, 5) is 0. The molecule has 0 saturated heterocycles. The molecule has 0 unspecified atom stereocenters. The fourth-order valence-electron chi connectivity index (χ4n) is 0.821. The van der Waals surface area contributed by atoms with Crippen LogP contribution in [0.4, 0.5) is 0 Å². The van der Waals surface area contributed by atoms with Gasteiger partial charge >= 0.3 is 0 Å². The molecule has 0 saturated carbocycles. The molecule has 0 radical (unpaired) electrons. The van der Waals surface area contributed by atoms with Gasteiger partial charge in [-0.1, -0.05) is 29.8 Å². The van der Waals surface area contributed by atoms with Crippen LogP contribution in [0.15, 0.2) is 36.6 Å². The second-order valence-corrected chi connectivity index (χ2v) is 2.84. The molecule has 1 rings (SSSR count). The predicted molar refractivity (Wildman–Crippen MR) is 51.1 cm³/mol. The Morgan fingerprint density at radius 2 is 2.00 bits per heavy atom. The number of allylic oxidation sites excluding steroid dienone is 1. The van der Waals surface area contributed by atoms with Crippen molar-refractivity contribution < 1.29 is 4.74 Å². The molecule has 0 atom stereocenters. The Balaban J connectivity index is 2.47. The van der Waals surface area contributed by atoms with Crippen LogP contribution in [0.1, 0.15) is 12.5 Å². The highest BCUT2D eigenvalue weighted by atomic mass is 35.5. The van der Waals surface area contributed by atoms with Crippen molar-refractivity contribution in [2.45, 2.75) is 13.5 Å². The smallest absolute Gasteiger partial charge is 0.112 e. The van der Waals surface area contributed by atoms with Crippen LogP contribution in [0, 0.1) is 0 Å². The van der Waals surface area contributed by atoms with E-state index in [0.29, 0.717) is 6.61 Å². The van der Waals surface area contributed by atoms with Crippen LogP contribution in [0.3, 0.4) is 0 Å². The molecule has 1 aromatic carbocycles. The topological polar surface area (TPSA) is 9.23 Å². The van der Waals surface area contributed by atoms with E-state index in [9.17, 15) is 0 Å². The second kappa shape index (κ2) is 4.83. The van der Waals surface area contributed by atoms with Crippen molar-refractivity contribution in [3.8, 4) is 0 Å². The van der Waals surface area contributed by atoms with E-state index in [1.165, 1.54) is 0 Å². The Labute approximate surface area is 77.6 Å². The van der Waals surface area contributed by atoms with Gasteiger partial charge in [0.05, 0.1) is 6.26 Å². The zero-order chi connectivity index (χ0) is 8.81. The molecule has 0 spiro atoms. The molecule has 2 heteroatoms. The van der Waals surface area contributed by atoms with Gasteiger partial charge in [0.25, 0.3) is 0 Å². The SMILES string of the molecule is C/C=C/OCc1ccc(Cl)cc1. The Kier molecular flexibility index (Phi) is 3.68. The first-order valence-electron chi connectivity index (χ1n) is 3.80. The van der Waals surface area contributed by atoms with Gasteiger partial charge in [0.2, 0.25) is 0 Å². The summed E-state index contributed by atoms with van der Waals surface area (Å²) in [7, 11) is 0. The summed E-state index contributed by atoms with van der Waals surface area (Å²) in [6.07, 6.45) is 3.53. The lowest BCUT2D eigenvalue weighted by Gasteiger charge is -2.00. The highest BCUT2D eigenvalue weighted by Gasteiger charge is 1.90. The largest absolute Gasteiger partial charge is 0.497 e. The van der Waals surface area contributed by atoms with E-state index in [0.717, 1.165) is 10.6 Å². The third-order valence-corrected chi connectivity index (χ3v) is 1.65. The average molecular weight is 183 g/mol. The lowest BCUT2D eigenvalue weighted by Crippen LogP contribution is -1.84. The van der Waals surface area contributed by atoms with E-state index in [-0.39, 0.29) is 0 Å². The van der Waals surface area contributed by atoms with Crippen molar-refractivity contribution in [2.75, 3.05) is 0 Å². The summed E-state index contributed by atoms with van der Waals surface area (Å²) in [6.45, 7) is 2.52. The number of hydrogen-bond acceptors (Lipinski definition) is 1. The van der Waals surface area contributed by atoms with Crippen LogP contribution >= 0.6 is 11.6 Å². The molecule has 0 fully saturated rings. The minimum atomic E-state index is 0.599. The zero-order valence-corrected chi connectivity index (χ0v) is 7.71. The third kappa shape index (κ3) is 2.97. The summed E-state index contributed by atoms with van der Waals surface area (Å²) in [6, 6.07) is 7.61. The molecule has 0 heterocycles. The number of ether oxygens (including phenoxy) is 1. The first-order chi connectivity index (χ1) is 5.83. The third-order valence-electron chi connectivity index (χ3n) is 1.40. The summed E-state index contributed by atoms with van der Waals surface area (Å²) >= 11 is 5.72. The van der Waals surface area contributed by atoms with Gasteiger partial charge in [-0.3, -0.25) is 0 Å². The van der Waals surface area contributed by atoms with Gasteiger partial charge in [-0.25, -0.2) is 0 Å². The molecule has 0 aliphatic heterocycles. The Morgan fingerprint density at radius 1 is 1.33 bits per heavy atom. The molecular weight excluding hydrogens is 172 g/mol. The standard InChI is InChI=1S/C10H11ClO/c1-2-7-12-8-9-3-5-10(11)6-4-9/h2-7H,8H2,1H3/b7-2+. The van der Waals surface area contributed by atoms with E-state index >= 15 is 0 Å². The van der Waals surface area contributed by atoms with E-state index in [2.05, 4.69) is 0 Å². The monoisotopic (exact) mass is 182 g/mol. The van der Waals surface area contributed by atoms with Crippen molar-refractivity contribution in [2.24, 2.45) is 0 Å². The Bertz CT molecular complexity index is 251. The van der Waals surface area contributed by atoms with Crippen LogP contribution in [-0.2, 0) is 11.3 Å². The number of hydrogen-bond donors (Lipinski definition) is 0. The van der Waals surface area contributed by atoms with Crippen molar-refractivity contribution in [3.63, 3.8) is 0 Å². The van der Waals surface area contributed by atoms with Gasteiger partial charge in [-0.05, 0) is 24.6 Å². The minimum absolute atomic E-state index is 0.599. The van der Waals surface area contributed by atoms with Crippen LogP contribution < -0.4 is 0 Å². The van der Waals surface area contributed by atoms with Gasteiger partial charge in [0.1, 0.15) is 6.61 Å². The summed E-state index contributed by atoms with van der Waals surface area (Å²) in [5.74, 6) is 0. The van der Waals surface area contributed by atoms with E-state index < -0.39 is 0 Å². The molecule has 0 amide bonds. The Morgan fingerprint density at radius 3 is 2.58 bits per heavy atom. The van der Waals surface area contributed by atoms with E-state index in [1.807, 2.05) is 37.3 Å². The normalized spacial score (nSPS) is 10.5. The molecule has 0 aromatic heterocycles. The molecule has 1 aromatic rings. The van der Waals surface area contributed by atoms with Crippen LogP contribution in [0.25, 0.3) is 0 Å². The molecular formula is C10H11ClO. The second-order valence-electron chi connectivity index (χ2n) is 2.41. The maximum atomic E-state index is 5.72. The summed E-state index contributed by atoms with van der Waals surface area (Å²) in [5, 5.41) is 0.754. The summed E-state index contributed by atoms with van der Waals surface area (Å²) < 4.78 is 5.19. The number of benzene rings is 1. The van der Waals surface area contributed by atoms with Crippen molar-refractivity contribution in [1.82, 2.24) is 0 Å². The van der Waals surface area contributed by atoms with Gasteiger partial charge < -0.3 is 4.74 Å². The maximum Gasteiger partial charge on any atom is 0.112 e. The summed E-state index contributed by atoms with van der Waals surface area (Å²) in [5.41, 5.74) is 1.12. The van der Waals surface area contributed by atoms with Crippen molar-refractivity contribution in [1.29, 1.82) is 0 Å². The van der Waals surface area contributed by atoms with Gasteiger partial charge in [-0.2, -0.15) is 0 Å². The molecule has 64 valence electrons. The van der Waals surface area contributed by atoms with E-state index in [4.69, 9.17) is 16.3 Å². The van der Waals surface area contributed by atoms with Gasteiger partial charge in [0, 0.05) is 5.02 Å². The average Bonchev–Trinajstić information content (AvgIpc) is 2.09. The van der Waals surface area contributed by atoms with Crippen LogP contribution in [0.2, 0.25) is 5.02 Å². The van der Waals surface area contributed by atoms with Crippen LogP contribution in [0.5, 0.6) is 0 Å². The van der Waals surface area contributed by atoms with Crippen molar-refractivity contribution >= 4 is 11.6 Å². The number of rotatable bonds is 3. The molecule has 0 bridgehead atoms. The predicted octanol–water partition coefficient (Wildman–Crippen LogP) is 3.39. The van der Waals surface area contributed by atoms with Gasteiger partial charge in [0.15, 0.2) is 0 Å². The fraction of sp³-hybridized carbons (Fsp3) is 0.200.